The Morgan fingerprint density at radius 3 is 2.48 bits per heavy atom. The normalized spacial score (nSPS) is 11.7. The van der Waals surface area contributed by atoms with Gasteiger partial charge in [0.1, 0.15) is 5.82 Å². The second-order valence-electron chi connectivity index (χ2n) is 5.64. The molecular weight excluding hydrogens is 293 g/mol. The Bertz CT molecular complexity index is 718. The molecule has 0 bridgehead atoms. The van der Waals surface area contributed by atoms with E-state index in [1.54, 1.807) is 20.0 Å². The van der Waals surface area contributed by atoms with Crippen molar-refractivity contribution >= 4 is 5.96 Å². The number of nitrogens with one attached hydrogen (secondary N) is 2. The van der Waals surface area contributed by atoms with E-state index >= 15 is 0 Å². The van der Waals surface area contributed by atoms with Gasteiger partial charge in [-0.1, -0.05) is 12.1 Å². The summed E-state index contributed by atoms with van der Waals surface area (Å²) < 4.78 is 15.2. The van der Waals surface area contributed by atoms with E-state index in [9.17, 15) is 4.39 Å². The van der Waals surface area contributed by atoms with E-state index in [2.05, 4.69) is 27.6 Å². The number of aliphatic imine (C=N–C) groups is 1. The van der Waals surface area contributed by atoms with Crippen LogP contribution in [0.15, 0.2) is 23.2 Å². The smallest absolute Gasteiger partial charge is 0.191 e. The lowest BCUT2D eigenvalue weighted by molar-refractivity contribution is 0.617. The Morgan fingerprint density at radius 1 is 1.22 bits per heavy atom. The Kier molecular flexibility index (Phi) is 5.36. The molecule has 2 aromatic rings. The first-order valence-electron chi connectivity index (χ1n) is 7.61. The van der Waals surface area contributed by atoms with Crippen molar-refractivity contribution in [2.24, 2.45) is 12.0 Å². The van der Waals surface area contributed by atoms with Crippen molar-refractivity contribution in [1.82, 2.24) is 20.4 Å². The van der Waals surface area contributed by atoms with Gasteiger partial charge in [0.25, 0.3) is 0 Å². The van der Waals surface area contributed by atoms with Crippen LogP contribution >= 0.6 is 0 Å². The van der Waals surface area contributed by atoms with Crippen LogP contribution in [0.3, 0.4) is 0 Å². The van der Waals surface area contributed by atoms with E-state index < -0.39 is 0 Å². The van der Waals surface area contributed by atoms with Crippen LogP contribution in [0.25, 0.3) is 0 Å². The van der Waals surface area contributed by atoms with Crippen molar-refractivity contribution in [2.45, 2.75) is 33.9 Å². The van der Waals surface area contributed by atoms with Crippen molar-refractivity contribution in [3.05, 3.63) is 52.1 Å². The van der Waals surface area contributed by atoms with Gasteiger partial charge in [-0.2, -0.15) is 5.10 Å². The Balaban J connectivity index is 1.94. The van der Waals surface area contributed by atoms with Crippen LogP contribution in [0, 0.1) is 26.6 Å². The quantitative estimate of drug-likeness (QED) is 0.672. The molecule has 1 heterocycles. The molecule has 6 heteroatoms. The first-order valence-corrected chi connectivity index (χ1v) is 7.61. The van der Waals surface area contributed by atoms with Crippen molar-refractivity contribution in [3.63, 3.8) is 0 Å². The van der Waals surface area contributed by atoms with Gasteiger partial charge in [0, 0.05) is 38.4 Å². The average Bonchev–Trinajstić information content (AvgIpc) is 2.76. The number of benzene rings is 1. The van der Waals surface area contributed by atoms with Crippen molar-refractivity contribution in [1.29, 1.82) is 0 Å². The lowest BCUT2D eigenvalue weighted by Crippen LogP contribution is -2.36. The molecule has 5 nitrogen and oxygen atoms in total. The molecule has 2 rings (SSSR count). The predicted octanol–water partition coefficient (Wildman–Crippen LogP) is 2.35. The molecule has 2 N–H and O–H groups in total. The minimum absolute atomic E-state index is 0.182. The first kappa shape index (κ1) is 17.0. The largest absolute Gasteiger partial charge is 0.352 e. The maximum Gasteiger partial charge on any atom is 0.191 e. The summed E-state index contributed by atoms with van der Waals surface area (Å²) in [6.07, 6.45) is 0. The molecule has 124 valence electrons. The van der Waals surface area contributed by atoms with Crippen LogP contribution in [0.2, 0.25) is 0 Å². The van der Waals surface area contributed by atoms with Gasteiger partial charge in [0.15, 0.2) is 5.96 Å². The second kappa shape index (κ2) is 7.26. The lowest BCUT2D eigenvalue weighted by Gasteiger charge is -2.12. The fourth-order valence-electron chi connectivity index (χ4n) is 2.47. The fourth-order valence-corrected chi connectivity index (χ4v) is 2.47. The molecule has 0 fully saturated rings. The summed E-state index contributed by atoms with van der Waals surface area (Å²) in [5, 5.41) is 10.9. The van der Waals surface area contributed by atoms with Gasteiger partial charge in [-0.3, -0.25) is 9.67 Å². The molecule has 0 saturated heterocycles. The highest BCUT2D eigenvalue weighted by Crippen LogP contribution is 2.11. The van der Waals surface area contributed by atoms with E-state index in [0.717, 1.165) is 17.0 Å². The molecule has 0 spiro atoms. The number of aryl methyl sites for hydroxylation is 3. The molecule has 23 heavy (non-hydrogen) atoms. The second-order valence-corrected chi connectivity index (χ2v) is 5.64. The SMILES string of the molecule is CN=C(NCc1ccc(F)c(C)c1)NCc1c(C)nn(C)c1C. The van der Waals surface area contributed by atoms with E-state index in [0.29, 0.717) is 24.6 Å². The van der Waals surface area contributed by atoms with Crippen molar-refractivity contribution in [3.8, 4) is 0 Å². The van der Waals surface area contributed by atoms with Crippen molar-refractivity contribution in [2.75, 3.05) is 7.05 Å². The number of halogens is 1. The van der Waals surface area contributed by atoms with E-state index in [-0.39, 0.29) is 5.82 Å². The highest BCUT2D eigenvalue weighted by atomic mass is 19.1. The zero-order valence-corrected chi connectivity index (χ0v) is 14.4. The summed E-state index contributed by atoms with van der Waals surface area (Å²) in [4.78, 5) is 4.22. The minimum atomic E-state index is -0.182. The standard InChI is InChI=1S/C17H24FN5/c1-11-8-14(6-7-16(11)18)9-20-17(19-4)21-10-15-12(2)22-23(5)13(15)3/h6-8H,9-10H2,1-5H3,(H2,19,20,21). The third-order valence-corrected chi connectivity index (χ3v) is 4.00. The summed E-state index contributed by atoms with van der Waals surface area (Å²) in [6.45, 7) is 7.06. The summed E-state index contributed by atoms with van der Waals surface area (Å²) in [7, 11) is 3.67. The zero-order valence-electron chi connectivity index (χ0n) is 14.4. The molecule has 0 amide bonds. The monoisotopic (exact) mass is 317 g/mol. The third-order valence-electron chi connectivity index (χ3n) is 4.00. The summed E-state index contributed by atoms with van der Waals surface area (Å²) in [5.41, 5.74) is 4.99. The predicted molar refractivity (Wildman–Crippen MR) is 90.9 cm³/mol. The highest BCUT2D eigenvalue weighted by Gasteiger charge is 2.09. The molecule has 0 unspecified atom stereocenters. The van der Waals surface area contributed by atoms with Gasteiger partial charge in [-0.25, -0.2) is 4.39 Å². The molecule has 0 atom stereocenters. The lowest BCUT2D eigenvalue weighted by atomic mass is 10.1. The van der Waals surface area contributed by atoms with E-state index in [1.165, 1.54) is 11.6 Å². The first-order chi connectivity index (χ1) is 10.9. The topological polar surface area (TPSA) is 54.2 Å². The molecule has 0 aliphatic carbocycles. The van der Waals surface area contributed by atoms with Gasteiger partial charge in [-0.15, -0.1) is 0 Å². The van der Waals surface area contributed by atoms with Gasteiger partial charge in [0.05, 0.1) is 5.69 Å². The van der Waals surface area contributed by atoms with Crippen LogP contribution in [0.4, 0.5) is 4.39 Å². The summed E-state index contributed by atoms with van der Waals surface area (Å²) >= 11 is 0. The Hall–Kier alpha value is -2.37. The van der Waals surface area contributed by atoms with Crippen LogP contribution < -0.4 is 10.6 Å². The van der Waals surface area contributed by atoms with Gasteiger partial charge < -0.3 is 10.6 Å². The number of rotatable bonds is 4. The third kappa shape index (κ3) is 4.09. The maximum absolute atomic E-state index is 13.3. The Labute approximate surface area is 136 Å². The zero-order chi connectivity index (χ0) is 17.0. The Morgan fingerprint density at radius 2 is 1.91 bits per heavy atom. The number of aromatic nitrogens is 2. The van der Waals surface area contributed by atoms with Crippen LogP contribution in [-0.2, 0) is 20.1 Å². The molecule has 0 radical (unpaired) electrons. The minimum Gasteiger partial charge on any atom is -0.352 e. The fraction of sp³-hybridized carbons (Fsp3) is 0.412. The van der Waals surface area contributed by atoms with Crippen LogP contribution in [0.1, 0.15) is 28.1 Å². The summed E-state index contributed by atoms with van der Waals surface area (Å²) in [6, 6.07) is 5.11. The molecule has 1 aromatic heterocycles. The molecule has 0 saturated carbocycles. The van der Waals surface area contributed by atoms with Gasteiger partial charge >= 0.3 is 0 Å². The van der Waals surface area contributed by atoms with E-state index in [4.69, 9.17) is 0 Å². The highest BCUT2D eigenvalue weighted by molar-refractivity contribution is 5.79. The molecular formula is C17H24FN5. The van der Waals surface area contributed by atoms with Crippen LogP contribution in [0.5, 0.6) is 0 Å². The average molecular weight is 317 g/mol. The van der Waals surface area contributed by atoms with Crippen molar-refractivity contribution < 1.29 is 4.39 Å². The van der Waals surface area contributed by atoms with Gasteiger partial charge in [0.2, 0.25) is 0 Å². The maximum atomic E-state index is 13.3. The number of guanidine groups is 1. The summed E-state index contributed by atoms with van der Waals surface area (Å²) in [5.74, 6) is 0.522. The number of nitrogens with zero attached hydrogens (tertiary/aromatic N) is 3. The van der Waals surface area contributed by atoms with Gasteiger partial charge in [-0.05, 0) is 38.0 Å². The van der Waals surface area contributed by atoms with Crippen LogP contribution in [-0.4, -0.2) is 22.8 Å². The molecule has 0 aliphatic rings. The number of hydrogen-bond donors (Lipinski definition) is 2. The van der Waals surface area contributed by atoms with E-state index in [1.807, 2.05) is 24.7 Å². The number of hydrogen-bond acceptors (Lipinski definition) is 2. The molecule has 1 aromatic carbocycles. The molecule has 0 aliphatic heterocycles.